The third-order valence-electron chi connectivity index (χ3n) is 3.56. The Kier molecular flexibility index (Phi) is 3.69. The molecule has 0 radical (unpaired) electrons. The van der Waals surface area contributed by atoms with E-state index in [9.17, 15) is 0 Å². The average Bonchev–Trinajstić information content (AvgIpc) is 2.40. The van der Waals surface area contributed by atoms with E-state index in [-0.39, 0.29) is 5.84 Å². The smallest absolute Gasteiger partial charge is 0.190 e. The molecule has 5 nitrogen and oxygen atoms in total. The summed E-state index contributed by atoms with van der Waals surface area (Å²) >= 11 is 0. The highest BCUT2D eigenvalue weighted by molar-refractivity contribution is 6.00. The third-order valence-corrected chi connectivity index (χ3v) is 3.56. The van der Waals surface area contributed by atoms with E-state index in [2.05, 4.69) is 28.9 Å². The summed E-state index contributed by atoms with van der Waals surface area (Å²) in [4.78, 5) is 6.53. The number of oxime groups is 1. The van der Waals surface area contributed by atoms with E-state index in [1.807, 2.05) is 12.1 Å². The first-order chi connectivity index (χ1) is 8.63. The number of aromatic nitrogens is 1. The summed E-state index contributed by atoms with van der Waals surface area (Å²) in [7, 11) is 0. The Morgan fingerprint density at radius 1 is 1.50 bits per heavy atom. The monoisotopic (exact) mass is 248 g/mol. The van der Waals surface area contributed by atoms with Crippen LogP contribution < -0.4 is 10.6 Å². The average molecular weight is 248 g/mol. The summed E-state index contributed by atoms with van der Waals surface area (Å²) in [6, 6.07) is 4.32. The molecule has 0 amide bonds. The van der Waals surface area contributed by atoms with E-state index in [1.54, 1.807) is 6.20 Å². The van der Waals surface area contributed by atoms with E-state index < -0.39 is 0 Å². The van der Waals surface area contributed by atoms with Crippen LogP contribution in [0.25, 0.3) is 0 Å². The van der Waals surface area contributed by atoms with Gasteiger partial charge in [-0.15, -0.1) is 0 Å². The standard InChI is InChI=1S/C13H20N4O/c1-9-5-6-10(2)17(8-9)11-4-3-7-15-12(11)13(14)16-18/h3-4,7,9-10,18H,5-6,8H2,1-2H3,(H2,14,16). The summed E-state index contributed by atoms with van der Waals surface area (Å²) < 4.78 is 0. The van der Waals surface area contributed by atoms with Gasteiger partial charge in [0, 0.05) is 18.8 Å². The Morgan fingerprint density at radius 2 is 2.28 bits per heavy atom. The summed E-state index contributed by atoms with van der Waals surface area (Å²) in [6.07, 6.45) is 4.07. The van der Waals surface area contributed by atoms with Crippen molar-refractivity contribution >= 4 is 11.5 Å². The minimum absolute atomic E-state index is 0.0658. The third kappa shape index (κ3) is 2.39. The van der Waals surface area contributed by atoms with Crippen LogP contribution in [-0.4, -0.2) is 28.6 Å². The molecular weight excluding hydrogens is 228 g/mol. The molecule has 1 saturated heterocycles. The van der Waals surface area contributed by atoms with Crippen molar-refractivity contribution in [3.63, 3.8) is 0 Å². The number of anilines is 1. The summed E-state index contributed by atoms with van der Waals surface area (Å²) in [5.41, 5.74) is 7.20. The fourth-order valence-electron chi connectivity index (χ4n) is 2.50. The zero-order valence-electron chi connectivity index (χ0n) is 10.9. The van der Waals surface area contributed by atoms with E-state index in [0.717, 1.165) is 18.7 Å². The highest BCUT2D eigenvalue weighted by Crippen LogP contribution is 2.28. The first-order valence-corrected chi connectivity index (χ1v) is 6.33. The van der Waals surface area contributed by atoms with Gasteiger partial charge >= 0.3 is 0 Å². The highest BCUT2D eigenvalue weighted by Gasteiger charge is 2.25. The number of hydrogen-bond donors (Lipinski definition) is 2. The van der Waals surface area contributed by atoms with E-state index in [4.69, 9.17) is 10.9 Å². The largest absolute Gasteiger partial charge is 0.409 e. The molecule has 18 heavy (non-hydrogen) atoms. The molecule has 1 fully saturated rings. The van der Waals surface area contributed by atoms with Crippen LogP contribution >= 0.6 is 0 Å². The van der Waals surface area contributed by atoms with Crippen LogP contribution in [0.5, 0.6) is 0 Å². The molecule has 98 valence electrons. The van der Waals surface area contributed by atoms with Gasteiger partial charge in [-0.3, -0.25) is 4.98 Å². The van der Waals surface area contributed by atoms with Crippen molar-refractivity contribution in [3.8, 4) is 0 Å². The van der Waals surface area contributed by atoms with Crippen LogP contribution in [0.15, 0.2) is 23.5 Å². The van der Waals surface area contributed by atoms with Gasteiger partial charge in [-0.25, -0.2) is 0 Å². The van der Waals surface area contributed by atoms with Gasteiger partial charge < -0.3 is 15.8 Å². The SMILES string of the molecule is CC1CCC(C)N(c2cccnc2/C(N)=N/O)C1. The zero-order valence-corrected chi connectivity index (χ0v) is 10.9. The molecule has 1 aliphatic rings. The molecule has 0 aromatic carbocycles. The molecule has 1 aromatic heterocycles. The molecular formula is C13H20N4O. The van der Waals surface area contributed by atoms with Gasteiger partial charge in [0.05, 0.1) is 5.69 Å². The Balaban J connectivity index is 2.37. The van der Waals surface area contributed by atoms with Gasteiger partial charge in [-0.1, -0.05) is 12.1 Å². The van der Waals surface area contributed by atoms with Crippen LogP contribution in [0, 0.1) is 5.92 Å². The lowest BCUT2D eigenvalue weighted by Gasteiger charge is -2.39. The second-order valence-corrected chi connectivity index (χ2v) is 5.04. The lowest BCUT2D eigenvalue weighted by atomic mass is 9.94. The van der Waals surface area contributed by atoms with Gasteiger partial charge in [0.25, 0.3) is 0 Å². The van der Waals surface area contributed by atoms with Crippen molar-refractivity contribution in [3.05, 3.63) is 24.0 Å². The quantitative estimate of drug-likeness (QED) is 0.362. The molecule has 2 unspecified atom stereocenters. The van der Waals surface area contributed by atoms with Crippen molar-refractivity contribution in [2.24, 2.45) is 16.8 Å². The number of nitrogens with two attached hydrogens (primary N) is 1. The Morgan fingerprint density at radius 3 is 3.00 bits per heavy atom. The molecule has 0 aliphatic carbocycles. The maximum Gasteiger partial charge on any atom is 0.190 e. The Bertz CT molecular complexity index is 446. The fraction of sp³-hybridized carbons (Fsp3) is 0.538. The van der Waals surface area contributed by atoms with Gasteiger partial charge in [0.15, 0.2) is 5.84 Å². The molecule has 1 aliphatic heterocycles. The minimum atomic E-state index is 0.0658. The fourth-order valence-corrected chi connectivity index (χ4v) is 2.50. The lowest BCUT2D eigenvalue weighted by molar-refractivity contribution is 0.318. The molecule has 5 heteroatoms. The number of amidine groups is 1. The second-order valence-electron chi connectivity index (χ2n) is 5.04. The van der Waals surface area contributed by atoms with Crippen LogP contribution in [0.3, 0.4) is 0 Å². The van der Waals surface area contributed by atoms with E-state index in [0.29, 0.717) is 17.7 Å². The van der Waals surface area contributed by atoms with Crippen molar-refractivity contribution in [2.75, 3.05) is 11.4 Å². The molecule has 0 saturated carbocycles. The van der Waals surface area contributed by atoms with Gasteiger partial charge in [0.2, 0.25) is 0 Å². The van der Waals surface area contributed by atoms with Crippen LogP contribution in [0.2, 0.25) is 0 Å². The molecule has 0 bridgehead atoms. The number of pyridine rings is 1. The number of rotatable bonds is 2. The first-order valence-electron chi connectivity index (χ1n) is 6.33. The summed E-state index contributed by atoms with van der Waals surface area (Å²) in [5.74, 6) is 0.720. The molecule has 2 heterocycles. The summed E-state index contributed by atoms with van der Waals surface area (Å²) in [6.45, 7) is 5.44. The Hall–Kier alpha value is -1.78. The van der Waals surface area contributed by atoms with Crippen molar-refractivity contribution < 1.29 is 5.21 Å². The van der Waals surface area contributed by atoms with Crippen molar-refractivity contribution in [2.45, 2.75) is 32.7 Å². The predicted octanol–water partition coefficient (Wildman–Crippen LogP) is 1.80. The topological polar surface area (TPSA) is 74.7 Å². The molecule has 1 aromatic rings. The molecule has 2 rings (SSSR count). The minimum Gasteiger partial charge on any atom is -0.409 e. The maximum absolute atomic E-state index is 8.83. The Labute approximate surface area is 107 Å². The highest BCUT2D eigenvalue weighted by atomic mass is 16.4. The van der Waals surface area contributed by atoms with Crippen LogP contribution in [0.1, 0.15) is 32.4 Å². The van der Waals surface area contributed by atoms with Crippen LogP contribution in [-0.2, 0) is 0 Å². The maximum atomic E-state index is 8.83. The number of nitrogens with zero attached hydrogens (tertiary/aromatic N) is 3. The zero-order chi connectivity index (χ0) is 13.1. The van der Waals surface area contributed by atoms with Gasteiger partial charge in [0.1, 0.15) is 5.69 Å². The normalized spacial score (nSPS) is 25.2. The van der Waals surface area contributed by atoms with Crippen molar-refractivity contribution in [1.82, 2.24) is 4.98 Å². The second kappa shape index (κ2) is 5.25. The van der Waals surface area contributed by atoms with Crippen LogP contribution in [0.4, 0.5) is 5.69 Å². The molecule has 3 N–H and O–H groups in total. The van der Waals surface area contributed by atoms with Gasteiger partial charge in [-0.05, 0) is 37.8 Å². The molecule has 0 spiro atoms. The van der Waals surface area contributed by atoms with E-state index >= 15 is 0 Å². The van der Waals surface area contributed by atoms with E-state index in [1.165, 1.54) is 6.42 Å². The predicted molar refractivity (Wildman–Crippen MR) is 72.0 cm³/mol. The van der Waals surface area contributed by atoms with Crippen molar-refractivity contribution in [1.29, 1.82) is 0 Å². The lowest BCUT2D eigenvalue weighted by Crippen LogP contribution is -2.42. The first kappa shape index (κ1) is 12.7. The summed E-state index contributed by atoms with van der Waals surface area (Å²) in [5, 5.41) is 11.9. The molecule has 2 atom stereocenters. The number of piperidine rings is 1. The number of hydrogen-bond acceptors (Lipinski definition) is 4. The van der Waals surface area contributed by atoms with Gasteiger partial charge in [-0.2, -0.15) is 0 Å².